The number of halogens is 4. The van der Waals surface area contributed by atoms with Gasteiger partial charge in [0, 0.05) is 10.9 Å². The molecule has 2 atom stereocenters. The van der Waals surface area contributed by atoms with E-state index in [2.05, 4.69) is 15.9 Å². The molecule has 1 aromatic rings. The number of rotatable bonds is 1. The molecule has 0 aromatic heterocycles. The van der Waals surface area contributed by atoms with Gasteiger partial charge in [-0.15, -0.1) is 0 Å². The number of benzene rings is 1. The van der Waals surface area contributed by atoms with Gasteiger partial charge in [-0.2, -0.15) is 13.2 Å². The molecule has 3 saturated heterocycles. The molecule has 162 valence electrons. The minimum absolute atomic E-state index is 0.0715. The van der Waals surface area contributed by atoms with Gasteiger partial charge in [0.25, 0.3) is 0 Å². The number of alkyl halides is 3. The highest BCUT2D eigenvalue weighted by Gasteiger charge is 2.69. The summed E-state index contributed by atoms with van der Waals surface area (Å²) < 4.78 is 66.4. The fraction of sp³-hybridized carbons (Fsp3) is 0.600. The summed E-state index contributed by atoms with van der Waals surface area (Å²) in [7, 11) is -1.48. The Labute approximate surface area is 183 Å². The SMILES string of the molecule is CC1(C)OB2OC1(C)C/C(=C/c1ccc(Br)cc1C(F)(F)F)C1(C)OB2OC1(C)C. The maximum atomic E-state index is 13.8. The van der Waals surface area contributed by atoms with Crippen molar-refractivity contribution in [2.24, 2.45) is 0 Å². The minimum atomic E-state index is -4.50. The van der Waals surface area contributed by atoms with Gasteiger partial charge in [0.2, 0.25) is 0 Å². The third kappa shape index (κ3) is 3.30. The van der Waals surface area contributed by atoms with Crippen molar-refractivity contribution < 1.29 is 31.8 Å². The van der Waals surface area contributed by atoms with Crippen LogP contribution in [0, 0.1) is 0 Å². The van der Waals surface area contributed by atoms with E-state index in [-0.39, 0.29) is 5.56 Å². The van der Waals surface area contributed by atoms with Crippen molar-refractivity contribution in [2.75, 3.05) is 0 Å². The first-order chi connectivity index (χ1) is 13.6. The maximum absolute atomic E-state index is 13.8. The molecule has 4 bridgehead atoms. The molecular formula is C20H24B2BrF3O4. The third-order valence-electron chi connectivity index (χ3n) is 6.99. The van der Waals surface area contributed by atoms with E-state index in [1.54, 1.807) is 12.1 Å². The van der Waals surface area contributed by atoms with Crippen molar-refractivity contribution in [3.63, 3.8) is 0 Å². The normalized spacial score (nSPS) is 33.7. The molecule has 1 aromatic carbocycles. The third-order valence-corrected chi connectivity index (χ3v) is 7.48. The molecule has 2 unspecified atom stereocenters. The van der Waals surface area contributed by atoms with E-state index in [9.17, 15) is 13.2 Å². The van der Waals surface area contributed by atoms with E-state index in [1.165, 1.54) is 6.07 Å². The summed E-state index contributed by atoms with van der Waals surface area (Å²) in [5.74, 6) is 0. The zero-order valence-corrected chi connectivity index (χ0v) is 19.4. The molecule has 0 saturated carbocycles. The Bertz CT molecular complexity index is 920. The second-order valence-corrected chi connectivity index (χ2v) is 10.5. The zero-order chi connectivity index (χ0) is 22.3. The Balaban J connectivity index is 1.91. The largest absolute Gasteiger partial charge is 0.489 e. The van der Waals surface area contributed by atoms with Crippen molar-refractivity contribution >= 4 is 36.0 Å². The number of fused-ring (bicyclic) bond motifs is 5. The fourth-order valence-corrected chi connectivity index (χ4v) is 4.75. The Morgan fingerprint density at radius 1 is 0.933 bits per heavy atom. The van der Waals surface area contributed by atoms with Crippen LogP contribution in [0.2, 0.25) is 0 Å². The second-order valence-electron chi connectivity index (χ2n) is 9.57. The molecule has 0 spiro atoms. The van der Waals surface area contributed by atoms with Crippen LogP contribution in [0.15, 0.2) is 28.2 Å². The van der Waals surface area contributed by atoms with Gasteiger partial charge in [-0.1, -0.05) is 28.1 Å². The van der Waals surface area contributed by atoms with Gasteiger partial charge >= 0.3 is 20.2 Å². The summed E-state index contributed by atoms with van der Waals surface area (Å²) >= 11 is 3.15. The van der Waals surface area contributed by atoms with Crippen molar-refractivity contribution in [2.45, 2.75) is 76.5 Å². The molecule has 0 amide bonds. The highest BCUT2D eigenvalue weighted by Crippen LogP contribution is 2.53. The quantitative estimate of drug-likeness (QED) is 0.493. The predicted octanol–water partition coefficient (Wildman–Crippen LogP) is 5.48. The molecule has 3 heterocycles. The van der Waals surface area contributed by atoms with E-state index in [4.69, 9.17) is 18.6 Å². The first-order valence-electron chi connectivity index (χ1n) is 9.87. The first kappa shape index (κ1) is 22.4. The van der Waals surface area contributed by atoms with Crippen LogP contribution in [0.4, 0.5) is 13.2 Å². The maximum Gasteiger partial charge on any atom is 0.489 e. The summed E-state index contributed by atoms with van der Waals surface area (Å²) in [6.07, 6.45) is -2.59. The van der Waals surface area contributed by atoms with Crippen molar-refractivity contribution in [1.29, 1.82) is 0 Å². The van der Waals surface area contributed by atoms with Crippen molar-refractivity contribution in [3.05, 3.63) is 39.4 Å². The Kier molecular flexibility index (Phi) is 4.93. The lowest BCUT2D eigenvalue weighted by atomic mass is 9.49. The number of hydrogen-bond acceptors (Lipinski definition) is 4. The summed E-state index contributed by atoms with van der Waals surface area (Å²) in [6, 6.07) is 4.16. The highest BCUT2D eigenvalue weighted by molar-refractivity contribution is 9.10. The van der Waals surface area contributed by atoms with Crippen LogP contribution >= 0.6 is 15.9 Å². The molecule has 0 N–H and O–H groups in total. The topological polar surface area (TPSA) is 36.9 Å². The summed E-state index contributed by atoms with van der Waals surface area (Å²) in [4.78, 5) is 0. The Morgan fingerprint density at radius 3 is 2.17 bits per heavy atom. The molecule has 4 nitrogen and oxygen atoms in total. The molecule has 3 fully saturated rings. The molecule has 0 radical (unpaired) electrons. The smallest absolute Gasteiger partial charge is 0.405 e. The Morgan fingerprint density at radius 2 is 1.53 bits per heavy atom. The van der Waals surface area contributed by atoms with Gasteiger partial charge in [-0.3, -0.25) is 0 Å². The Hall–Kier alpha value is -0.800. The lowest BCUT2D eigenvalue weighted by molar-refractivity contribution is -0.137. The van der Waals surface area contributed by atoms with Crippen LogP contribution in [0.1, 0.15) is 59.1 Å². The van der Waals surface area contributed by atoms with E-state index in [0.29, 0.717) is 16.5 Å². The summed E-state index contributed by atoms with van der Waals surface area (Å²) in [5.41, 5.74) is -3.17. The lowest BCUT2D eigenvalue weighted by Gasteiger charge is -2.44. The summed E-state index contributed by atoms with van der Waals surface area (Å²) in [5, 5.41) is 0. The average Bonchev–Trinajstić information content (AvgIpc) is 2.98. The van der Waals surface area contributed by atoms with Gasteiger partial charge < -0.3 is 18.6 Å². The van der Waals surface area contributed by atoms with Crippen LogP contribution in [0.3, 0.4) is 0 Å². The molecule has 3 aliphatic heterocycles. The lowest BCUT2D eigenvalue weighted by Crippen LogP contribution is -2.52. The van der Waals surface area contributed by atoms with E-state index in [1.807, 2.05) is 41.5 Å². The molecule has 10 heteroatoms. The zero-order valence-electron chi connectivity index (χ0n) is 17.8. The van der Waals surface area contributed by atoms with E-state index in [0.717, 1.165) is 6.07 Å². The van der Waals surface area contributed by atoms with Crippen LogP contribution in [0.5, 0.6) is 0 Å². The monoisotopic (exact) mass is 486 g/mol. The van der Waals surface area contributed by atoms with Crippen molar-refractivity contribution in [1.82, 2.24) is 0 Å². The van der Waals surface area contributed by atoms with Gasteiger partial charge in [-0.05, 0) is 64.8 Å². The predicted molar refractivity (Wildman–Crippen MR) is 113 cm³/mol. The molecule has 30 heavy (non-hydrogen) atoms. The second kappa shape index (κ2) is 6.61. The highest BCUT2D eigenvalue weighted by atomic mass is 79.9. The van der Waals surface area contributed by atoms with Crippen LogP contribution in [0.25, 0.3) is 6.08 Å². The van der Waals surface area contributed by atoms with Gasteiger partial charge in [0.1, 0.15) is 0 Å². The molecular weight excluding hydrogens is 463 g/mol. The molecule has 4 rings (SSSR count). The summed E-state index contributed by atoms with van der Waals surface area (Å²) in [6.45, 7) is 11.4. The van der Waals surface area contributed by atoms with Crippen LogP contribution in [-0.4, -0.2) is 36.4 Å². The molecule has 3 aliphatic rings. The first-order valence-corrected chi connectivity index (χ1v) is 10.7. The van der Waals surface area contributed by atoms with Gasteiger partial charge in [0.15, 0.2) is 0 Å². The van der Waals surface area contributed by atoms with Crippen molar-refractivity contribution in [3.8, 4) is 0 Å². The number of hydrogen-bond donors (Lipinski definition) is 0. The molecule has 0 aliphatic carbocycles. The van der Waals surface area contributed by atoms with Crippen LogP contribution < -0.4 is 0 Å². The van der Waals surface area contributed by atoms with E-state index < -0.39 is 48.2 Å². The van der Waals surface area contributed by atoms with E-state index >= 15 is 0 Å². The van der Waals surface area contributed by atoms with Gasteiger partial charge in [-0.25, -0.2) is 0 Å². The van der Waals surface area contributed by atoms with Gasteiger partial charge in [0.05, 0.1) is 28.0 Å². The van der Waals surface area contributed by atoms with Crippen LogP contribution in [-0.2, 0) is 24.8 Å². The fourth-order valence-electron chi connectivity index (χ4n) is 4.39. The standard InChI is InChI=1S/C20H24B2BrF3O4/c1-16(2)18(5)11-13(9-12-7-8-14(23)10-15(12)20(24,25)26)19(6)17(3,4)28-22(30-19)21(27-16)29-18/h7-10H,11H2,1-6H3/b13-9-. The average molecular weight is 487 g/mol. The minimum Gasteiger partial charge on any atom is -0.405 e.